The number of carbonyl (C=O) groups is 1. The lowest BCUT2D eigenvalue weighted by atomic mass is 10.1. The average Bonchev–Trinajstić information content (AvgIpc) is 3.05. The second kappa shape index (κ2) is 5.98. The van der Waals surface area contributed by atoms with Gasteiger partial charge in [-0.1, -0.05) is 0 Å². The van der Waals surface area contributed by atoms with E-state index in [1.165, 1.54) is 34.1 Å². The normalized spacial score (nSPS) is 24.0. The summed E-state index contributed by atoms with van der Waals surface area (Å²) in [5.74, 6) is 0.0370. The highest BCUT2D eigenvalue weighted by Gasteiger charge is 2.54. The Labute approximate surface area is 150 Å². The lowest BCUT2D eigenvalue weighted by molar-refractivity contribution is 0.255. The van der Waals surface area contributed by atoms with Crippen molar-refractivity contribution < 1.29 is 22.3 Å². The first-order valence-corrected chi connectivity index (χ1v) is 9.94. The van der Waals surface area contributed by atoms with Gasteiger partial charge in [0.1, 0.15) is 11.6 Å². The fraction of sp³-hybridized carbons (Fsp3) is 0.278. The molecule has 0 radical (unpaired) electrons. The minimum absolute atomic E-state index is 0.0901. The minimum atomic E-state index is -3.27. The molecule has 0 saturated carbocycles. The van der Waals surface area contributed by atoms with Gasteiger partial charge in [0.05, 0.1) is 30.7 Å². The molecule has 0 aliphatic carbocycles. The van der Waals surface area contributed by atoms with Gasteiger partial charge in [0.25, 0.3) is 0 Å². The number of ether oxygens (including phenoxy) is 1. The molecule has 136 valence electrons. The molecule has 2 heterocycles. The Morgan fingerprint density at radius 1 is 0.923 bits per heavy atom. The first-order chi connectivity index (χ1) is 12.4. The second-order valence-electron chi connectivity index (χ2n) is 6.41. The summed E-state index contributed by atoms with van der Waals surface area (Å²) >= 11 is 0. The maximum Gasteiger partial charge on any atom is 0.329 e. The molecule has 2 saturated heterocycles. The van der Waals surface area contributed by atoms with Crippen LogP contribution in [0.1, 0.15) is 0 Å². The first-order valence-electron chi connectivity index (χ1n) is 8.12. The number of hydrogen-bond acceptors (Lipinski definition) is 4. The van der Waals surface area contributed by atoms with Crippen LogP contribution in [0.4, 0.5) is 20.6 Å². The molecular weight excluding hydrogens is 359 g/mol. The summed E-state index contributed by atoms with van der Waals surface area (Å²) in [6.07, 6.45) is 0. The molecule has 2 aromatic carbocycles. The molecule has 0 bridgehead atoms. The molecule has 0 unspecified atom stereocenters. The van der Waals surface area contributed by atoms with Gasteiger partial charge >= 0.3 is 6.03 Å². The van der Waals surface area contributed by atoms with Gasteiger partial charge in [-0.25, -0.2) is 17.6 Å². The van der Waals surface area contributed by atoms with Gasteiger partial charge in [-0.2, -0.15) is 0 Å². The fourth-order valence-corrected chi connectivity index (χ4v) is 5.57. The van der Waals surface area contributed by atoms with Crippen LogP contribution in [0.3, 0.4) is 0 Å². The highest BCUT2D eigenvalue weighted by atomic mass is 32.2. The van der Waals surface area contributed by atoms with Crippen molar-refractivity contribution in [3.63, 3.8) is 0 Å². The summed E-state index contributed by atoms with van der Waals surface area (Å²) in [6.45, 7) is 0. The molecule has 6 nitrogen and oxygen atoms in total. The van der Waals surface area contributed by atoms with Gasteiger partial charge in [-0.3, -0.25) is 9.80 Å². The van der Waals surface area contributed by atoms with Crippen LogP contribution < -0.4 is 14.5 Å². The Hall–Kier alpha value is -2.61. The van der Waals surface area contributed by atoms with Crippen molar-refractivity contribution >= 4 is 27.2 Å². The molecule has 26 heavy (non-hydrogen) atoms. The number of rotatable bonds is 3. The van der Waals surface area contributed by atoms with Crippen LogP contribution in [-0.4, -0.2) is 45.1 Å². The number of amides is 2. The highest BCUT2D eigenvalue weighted by Crippen LogP contribution is 2.38. The molecule has 8 heteroatoms. The topological polar surface area (TPSA) is 66.9 Å². The molecule has 0 spiro atoms. The number of hydrogen-bond donors (Lipinski definition) is 0. The van der Waals surface area contributed by atoms with E-state index in [2.05, 4.69) is 0 Å². The molecule has 2 fully saturated rings. The van der Waals surface area contributed by atoms with Crippen molar-refractivity contribution in [3.05, 3.63) is 54.3 Å². The maximum absolute atomic E-state index is 13.3. The van der Waals surface area contributed by atoms with E-state index in [9.17, 15) is 17.6 Å². The van der Waals surface area contributed by atoms with E-state index in [1.807, 2.05) is 0 Å². The van der Waals surface area contributed by atoms with Gasteiger partial charge in [0.15, 0.2) is 9.84 Å². The predicted molar refractivity (Wildman–Crippen MR) is 96.0 cm³/mol. The monoisotopic (exact) mass is 376 g/mol. The van der Waals surface area contributed by atoms with Crippen LogP contribution in [0, 0.1) is 5.82 Å². The van der Waals surface area contributed by atoms with E-state index in [-0.39, 0.29) is 17.5 Å². The zero-order valence-corrected chi connectivity index (χ0v) is 14.8. The summed E-state index contributed by atoms with van der Waals surface area (Å²) < 4.78 is 42.8. The number of anilines is 2. The lowest BCUT2D eigenvalue weighted by Gasteiger charge is -2.22. The molecule has 0 N–H and O–H groups in total. The van der Waals surface area contributed by atoms with E-state index in [0.717, 1.165) is 0 Å². The van der Waals surface area contributed by atoms with Gasteiger partial charge in [0.2, 0.25) is 0 Å². The van der Waals surface area contributed by atoms with Crippen molar-refractivity contribution in [1.29, 1.82) is 0 Å². The quantitative estimate of drug-likeness (QED) is 0.772. The maximum atomic E-state index is 13.3. The fourth-order valence-electron chi connectivity index (χ4n) is 3.65. The van der Waals surface area contributed by atoms with E-state index in [4.69, 9.17) is 4.74 Å². The Balaban J connectivity index is 1.77. The van der Waals surface area contributed by atoms with Crippen molar-refractivity contribution in [3.8, 4) is 5.75 Å². The number of fused-ring (bicyclic) bond motifs is 1. The second-order valence-corrected chi connectivity index (χ2v) is 8.56. The van der Waals surface area contributed by atoms with Gasteiger partial charge in [0, 0.05) is 11.4 Å². The third kappa shape index (κ3) is 2.70. The van der Waals surface area contributed by atoms with Gasteiger partial charge in [-0.15, -0.1) is 0 Å². The third-order valence-electron chi connectivity index (χ3n) is 4.82. The lowest BCUT2D eigenvalue weighted by Crippen LogP contribution is -2.37. The first kappa shape index (κ1) is 16.8. The average molecular weight is 376 g/mol. The molecule has 2 aliphatic heterocycles. The van der Waals surface area contributed by atoms with E-state index >= 15 is 0 Å². The zero-order chi connectivity index (χ0) is 18.5. The van der Waals surface area contributed by atoms with Crippen LogP contribution >= 0.6 is 0 Å². The number of benzene rings is 2. The number of halogens is 1. The van der Waals surface area contributed by atoms with Crippen molar-refractivity contribution in [2.45, 2.75) is 12.1 Å². The highest BCUT2D eigenvalue weighted by molar-refractivity contribution is 7.91. The number of urea groups is 1. The Bertz CT molecular complexity index is 944. The van der Waals surface area contributed by atoms with E-state index in [0.29, 0.717) is 17.1 Å². The Morgan fingerprint density at radius 3 is 1.85 bits per heavy atom. The van der Waals surface area contributed by atoms with Crippen LogP contribution in [0.2, 0.25) is 0 Å². The molecule has 2 aromatic rings. The number of sulfone groups is 1. The summed E-state index contributed by atoms with van der Waals surface area (Å²) in [7, 11) is -1.72. The summed E-state index contributed by atoms with van der Waals surface area (Å²) in [4.78, 5) is 16.1. The largest absolute Gasteiger partial charge is 0.497 e. The molecule has 2 amide bonds. The molecular formula is C18H17FN2O4S. The standard InChI is InChI=1S/C18H17FN2O4S/c1-25-15-8-6-14(7-9-15)21-17-11-26(23,24)10-16(17)20(18(21)22)13-4-2-12(19)3-5-13/h2-9,16-17H,10-11H2,1H3/t16-,17-/m0/s1. The summed E-state index contributed by atoms with van der Waals surface area (Å²) in [5, 5.41) is 0. The molecule has 4 rings (SSSR count). The Kier molecular flexibility index (Phi) is 3.87. The predicted octanol–water partition coefficient (Wildman–Crippen LogP) is 2.45. The zero-order valence-electron chi connectivity index (χ0n) is 14.0. The molecule has 2 atom stereocenters. The van der Waals surface area contributed by atoms with Crippen LogP contribution in [0.25, 0.3) is 0 Å². The third-order valence-corrected chi connectivity index (χ3v) is 6.52. The summed E-state index contributed by atoms with van der Waals surface area (Å²) in [5.41, 5.74) is 1.09. The summed E-state index contributed by atoms with van der Waals surface area (Å²) in [6, 6.07) is 11.1. The van der Waals surface area contributed by atoms with Gasteiger partial charge in [-0.05, 0) is 48.5 Å². The van der Waals surface area contributed by atoms with Crippen molar-refractivity contribution in [2.24, 2.45) is 0 Å². The number of carbonyl (C=O) groups excluding carboxylic acids is 1. The molecule has 0 aromatic heterocycles. The smallest absolute Gasteiger partial charge is 0.329 e. The van der Waals surface area contributed by atoms with E-state index in [1.54, 1.807) is 31.4 Å². The Morgan fingerprint density at radius 2 is 1.38 bits per heavy atom. The SMILES string of the molecule is COc1ccc(N2C(=O)N(c3ccc(F)cc3)[C@H]3CS(=O)(=O)C[C@@H]32)cc1. The van der Waals surface area contributed by atoms with Crippen molar-refractivity contribution in [2.75, 3.05) is 28.4 Å². The number of methoxy groups -OCH3 is 1. The van der Waals surface area contributed by atoms with Crippen LogP contribution in [-0.2, 0) is 9.84 Å². The van der Waals surface area contributed by atoms with Gasteiger partial charge < -0.3 is 4.74 Å². The van der Waals surface area contributed by atoms with Crippen LogP contribution in [0.5, 0.6) is 5.75 Å². The van der Waals surface area contributed by atoms with Crippen LogP contribution in [0.15, 0.2) is 48.5 Å². The molecule has 2 aliphatic rings. The minimum Gasteiger partial charge on any atom is -0.497 e. The van der Waals surface area contributed by atoms with Crippen molar-refractivity contribution in [1.82, 2.24) is 0 Å². The van der Waals surface area contributed by atoms with E-state index < -0.39 is 27.7 Å². The number of nitrogens with zero attached hydrogens (tertiary/aromatic N) is 2.